The fourth-order valence-corrected chi connectivity index (χ4v) is 5.65. The number of nitrogens with zero attached hydrogens (tertiary/aromatic N) is 2. The van der Waals surface area contributed by atoms with E-state index in [0.717, 1.165) is 46.3 Å². The van der Waals surface area contributed by atoms with Gasteiger partial charge in [0.25, 0.3) is 0 Å². The number of carbonyl (C=O) groups excluding carboxylic acids is 2. The molecule has 0 bridgehead atoms. The maximum absolute atomic E-state index is 13.5. The van der Waals surface area contributed by atoms with Crippen molar-refractivity contribution >= 4 is 55.1 Å². The van der Waals surface area contributed by atoms with E-state index in [1.54, 1.807) is 31.2 Å². The second-order valence-electron chi connectivity index (χ2n) is 8.54. The predicted molar refractivity (Wildman–Crippen MR) is 138 cm³/mol. The summed E-state index contributed by atoms with van der Waals surface area (Å²) in [6.07, 6.45) is 5.01. The summed E-state index contributed by atoms with van der Waals surface area (Å²) < 4.78 is 27.0. The van der Waals surface area contributed by atoms with Crippen LogP contribution >= 0.6 is 27.5 Å². The summed E-state index contributed by atoms with van der Waals surface area (Å²) in [6.45, 7) is 1.34. The Morgan fingerprint density at radius 3 is 2.44 bits per heavy atom. The Kier molecular flexibility index (Phi) is 9.01. The van der Waals surface area contributed by atoms with Crippen molar-refractivity contribution in [3.05, 3.63) is 63.6 Å². The third-order valence-corrected chi connectivity index (χ3v) is 7.85. The van der Waals surface area contributed by atoms with E-state index in [-0.39, 0.29) is 29.2 Å². The highest BCUT2D eigenvalue weighted by Crippen LogP contribution is 2.27. The van der Waals surface area contributed by atoms with Gasteiger partial charge < -0.3 is 10.2 Å². The number of anilines is 1. The smallest absolute Gasteiger partial charge is 0.244 e. The Hall–Kier alpha value is -2.10. The number of hydrogen-bond acceptors (Lipinski definition) is 4. The highest BCUT2D eigenvalue weighted by Gasteiger charge is 2.31. The molecule has 0 spiro atoms. The average molecular weight is 571 g/mol. The largest absolute Gasteiger partial charge is 0.352 e. The topological polar surface area (TPSA) is 86.8 Å². The van der Waals surface area contributed by atoms with Gasteiger partial charge in [0.1, 0.15) is 12.6 Å². The average Bonchev–Trinajstić information content (AvgIpc) is 3.28. The van der Waals surface area contributed by atoms with Crippen LogP contribution in [0, 0.1) is 0 Å². The molecule has 3 rings (SSSR count). The van der Waals surface area contributed by atoms with Crippen molar-refractivity contribution in [3.63, 3.8) is 0 Å². The molecule has 34 heavy (non-hydrogen) atoms. The number of benzene rings is 2. The molecule has 1 saturated carbocycles. The SMILES string of the molecule is CC(C(=O)NC1CCCC1)N(Cc1cccc(Br)c1)C(=O)CN(c1ccccc1Cl)S(C)(=O)=O. The second kappa shape index (κ2) is 11.6. The molecule has 0 heterocycles. The lowest BCUT2D eigenvalue weighted by molar-refractivity contribution is -0.139. The fraction of sp³-hybridized carbons (Fsp3) is 0.417. The molecule has 0 saturated heterocycles. The van der Waals surface area contributed by atoms with Crippen LogP contribution in [0.1, 0.15) is 38.2 Å². The molecular formula is C24H29BrClN3O4S. The molecule has 1 aliphatic carbocycles. The van der Waals surface area contributed by atoms with Gasteiger partial charge in [-0.05, 0) is 49.6 Å². The van der Waals surface area contributed by atoms with Crippen molar-refractivity contribution in [1.82, 2.24) is 10.2 Å². The molecule has 7 nitrogen and oxygen atoms in total. The van der Waals surface area contributed by atoms with Crippen molar-refractivity contribution in [1.29, 1.82) is 0 Å². The molecule has 2 amide bonds. The highest BCUT2D eigenvalue weighted by molar-refractivity contribution is 9.10. The van der Waals surface area contributed by atoms with Gasteiger partial charge in [0.15, 0.2) is 0 Å². The molecule has 184 valence electrons. The van der Waals surface area contributed by atoms with Gasteiger partial charge >= 0.3 is 0 Å². The van der Waals surface area contributed by atoms with E-state index in [9.17, 15) is 18.0 Å². The minimum atomic E-state index is -3.82. The molecule has 1 N–H and O–H groups in total. The fourth-order valence-electron chi connectivity index (χ4n) is 4.06. The number of carbonyl (C=O) groups is 2. The van der Waals surface area contributed by atoms with E-state index in [1.165, 1.54) is 4.90 Å². The van der Waals surface area contributed by atoms with Crippen molar-refractivity contribution in [3.8, 4) is 0 Å². The number of nitrogens with one attached hydrogen (secondary N) is 1. The third-order valence-electron chi connectivity index (χ3n) is 5.91. The Morgan fingerprint density at radius 1 is 1.15 bits per heavy atom. The molecule has 1 aliphatic rings. The van der Waals surface area contributed by atoms with Gasteiger partial charge in [0.2, 0.25) is 21.8 Å². The quantitative estimate of drug-likeness (QED) is 0.486. The van der Waals surface area contributed by atoms with Crippen molar-refractivity contribution in [2.75, 3.05) is 17.1 Å². The standard InChI is InChI=1S/C24H29BrClN3O4S/c1-17(24(31)27-20-10-3-4-11-20)28(15-18-8-7-9-19(25)14-18)23(30)16-29(34(2,32)33)22-13-6-5-12-21(22)26/h5-9,12-14,17,20H,3-4,10-11,15-16H2,1-2H3,(H,27,31). The van der Waals surface area contributed by atoms with Crippen LogP contribution in [-0.2, 0) is 26.2 Å². The van der Waals surface area contributed by atoms with Crippen LogP contribution < -0.4 is 9.62 Å². The molecule has 2 aromatic carbocycles. The van der Waals surface area contributed by atoms with Gasteiger partial charge in [0, 0.05) is 17.1 Å². The van der Waals surface area contributed by atoms with E-state index < -0.39 is 28.5 Å². The molecule has 1 atom stereocenters. The van der Waals surface area contributed by atoms with Gasteiger partial charge in [-0.3, -0.25) is 13.9 Å². The lowest BCUT2D eigenvalue weighted by atomic mass is 10.1. The number of rotatable bonds is 9. The zero-order valence-corrected chi connectivity index (χ0v) is 22.4. The number of halogens is 2. The summed E-state index contributed by atoms with van der Waals surface area (Å²) in [4.78, 5) is 28.0. The zero-order chi connectivity index (χ0) is 24.9. The Bertz CT molecular complexity index is 1140. The van der Waals surface area contributed by atoms with Gasteiger partial charge in [-0.1, -0.05) is 64.6 Å². The monoisotopic (exact) mass is 569 g/mol. The highest BCUT2D eigenvalue weighted by atomic mass is 79.9. The van der Waals surface area contributed by atoms with Crippen LogP contribution in [-0.4, -0.2) is 50.0 Å². The van der Waals surface area contributed by atoms with E-state index in [2.05, 4.69) is 21.2 Å². The van der Waals surface area contributed by atoms with Gasteiger partial charge in [-0.2, -0.15) is 0 Å². The minimum Gasteiger partial charge on any atom is -0.352 e. The first-order valence-corrected chi connectivity index (χ1v) is 14.1. The van der Waals surface area contributed by atoms with Crippen LogP contribution in [0.5, 0.6) is 0 Å². The summed E-state index contributed by atoms with van der Waals surface area (Å²) in [5.74, 6) is -0.752. The molecule has 1 unspecified atom stereocenters. The van der Waals surface area contributed by atoms with Crippen LogP contribution in [0.15, 0.2) is 53.0 Å². The Morgan fingerprint density at radius 2 is 1.82 bits per heavy atom. The van der Waals surface area contributed by atoms with Crippen molar-refractivity contribution < 1.29 is 18.0 Å². The minimum absolute atomic E-state index is 0.105. The number of sulfonamides is 1. The lowest BCUT2D eigenvalue weighted by Crippen LogP contribution is -2.52. The first-order valence-electron chi connectivity index (χ1n) is 11.1. The van der Waals surface area contributed by atoms with Crippen molar-refractivity contribution in [2.24, 2.45) is 0 Å². The maximum atomic E-state index is 13.5. The normalized spacial score (nSPS) is 15.1. The molecule has 2 aromatic rings. The number of amides is 2. The first-order chi connectivity index (χ1) is 16.1. The molecule has 10 heteroatoms. The van der Waals surface area contributed by atoms with Crippen LogP contribution in [0.4, 0.5) is 5.69 Å². The Labute approximate surface area is 214 Å². The molecule has 0 aromatic heterocycles. The summed E-state index contributed by atoms with van der Waals surface area (Å²) >= 11 is 9.68. The van der Waals surface area contributed by atoms with Crippen molar-refractivity contribution in [2.45, 2.75) is 51.2 Å². The Balaban J connectivity index is 1.89. The van der Waals surface area contributed by atoms with E-state index in [4.69, 9.17) is 11.6 Å². The molecule has 0 radical (unpaired) electrons. The zero-order valence-electron chi connectivity index (χ0n) is 19.2. The van der Waals surface area contributed by atoms with E-state index >= 15 is 0 Å². The summed E-state index contributed by atoms with van der Waals surface area (Å²) in [6, 6.07) is 13.2. The number of hydrogen-bond donors (Lipinski definition) is 1. The van der Waals surface area contributed by atoms with Crippen LogP contribution in [0.2, 0.25) is 5.02 Å². The second-order valence-corrected chi connectivity index (χ2v) is 11.8. The van der Waals surface area contributed by atoms with Gasteiger partial charge in [-0.25, -0.2) is 8.42 Å². The van der Waals surface area contributed by atoms with E-state index in [0.29, 0.717) is 0 Å². The van der Waals surface area contributed by atoms with Crippen LogP contribution in [0.25, 0.3) is 0 Å². The summed E-state index contributed by atoms with van der Waals surface area (Å²) in [7, 11) is -3.82. The van der Waals surface area contributed by atoms with Crippen LogP contribution in [0.3, 0.4) is 0 Å². The molecular weight excluding hydrogens is 542 g/mol. The first kappa shape index (κ1) is 26.5. The third kappa shape index (κ3) is 6.96. The van der Waals surface area contributed by atoms with Gasteiger partial charge in [-0.15, -0.1) is 0 Å². The molecule has 1 fully saturated rings. The summed E-state index contributed by atoms with van der Waals surface area (Å²) in [5.41, 5.74) is 1.03. The maximum Gasteiger partial charge on any atom is 0.244 e. The van der Waals surface area contributed by atoms with Gasteiger partial charge in [0.05, 0.1) is 17.0 Å². The summed E-state index contributed by atoms with van der Waals surface area (Å²) in [5, 5.41) is 3.25. The lowest BCUT2D eigenvalue weighted by Gasteiger charge is -2.32. The predicted octanol–water partition coefficient (Wildman–Crippen LogP) is 4.34. The number of para-hydroxylation sites is 1. The van der Waals surface area contributed by atoms with E-state index in [1.807, 2.05) is 24.3 Å². The molecule has 0 aliphatic heterocycles.